The van der Waals surface area contributed by atoms with Crippen molar-refractivity contribution >= 4 is 44.1 Å². The first-order valence-corrected chi connectivity index (χ1v) is 11.7. The molecular formula is C22H23F2N2O5PS. The molecular weight excluding hydrogens is 473 g/mol. The van der Waals surface area contributed by atoms with Gasteiger partial charge in [-0.3, -0.25) is 24.7 Å². The maximum absolute atomic E-state index is 13.2. The van der Waals surface area contributed by atoms with Gasteiger partial charge in [0.25, 0.3) is 5.24 Å². The Morgan fingerprint density at radius 2 is 2.12 bits per heavy atom. The highest BCUT2D eigenvalue weighted by molar-refractivity contribution is 8.15. The average molecular weight is 496 g/mol. The number of alkyl halides is 2. The standard InChI is InChI=1S/C22H23F2N2O5PS/c23-22(24,32)31-16-7-3-1-2-5-14(9-10-16)18(27)13-30-17-8-4-6-15(25-12-17)11-19-20(28)26-21(29)33-19/h2,5-6,8-10,12,19H,1,3-4,7,11,13,32H2,(H,26,28,29)/b5-2-,14-9+,16-10+. The molecule has 0 aromatic carbocycles. The number of ketones is 1. The number of halogens is 2. The van der Waals surface area contributed by atoms with Crippen LogP contribution >= 0.6 is 21.0 Å². The van der Waals surface area contributed by atoms with E-state index in [4.69, 9.17) is 4.74 Å². The van der Waals surface area contributed by atoms with Crippen molar-refractivity contribution in [2.75, 3.05) is 6.61 Å². The fraction of sp³-hybridized carbons (Fsp3) is 0.364. The zero-order valence-electron chi connectivity index (χ0n) is 17.6. The minimum atomic E-state index is -3.37. The molecule has 0 aromatic heterocycles. The molecule has 2 aliphatic heterocycles. The molecule has 3 aliphatic rings. The molecule has 1 N–H and O–H groups in total. The largest absolute Gasteiger partial charge is 0.484 e. The van der Waals surface area contributed by atoms with E-state index < -0.39 is 11.1 Å². The van der Waals surface area contributed by atoms with Crippen LogP contribution in [0.3, 0.4) is 0 Å². The molecule has 0 aromatic rings. The van der Waals surface area contributed by atoms with Gasteiger partial charge in [0, 0.05) is 24.1 Å². The van der Waals surface area contributed by atoms with Crippen molar-refractivity contribution in [2.24, 2.45) is 4.99 Å². The maximum Gasteiger partial charge on any atom is 0.408 e. The monoisotopic (exact) mass is 496 g/mol. The van der Waals surface area contributed by atoms with Crippen LogP contribution in [0.5, 0.6) is 0 Å². The number of carbonyl (C=O) groups excluding carboxylic acids is 3. The van der Waals surface area contributed by atoms with Gasteiger partial charge in [0.1, 0.15) is 11.5 Å². The lowest BCUT2D eigenvalue weighted by Gasteiger charge is -2.15. The first kappa shape index (κ1) is 25.1. The van der Waals surface area contributed by atoms with Crippen LogP contribution in [0.2, 0.25) is 0 Å². The van der Waals surface area contributed by atoms with Gasteiger partial charge in [0.05, 0.1) is 11.5 Å². The van der Waals surface area contributed by atoms with Crippen molar-refractivity contribution in [3.63, 3.8) is 0 Å². The summed E-state index contributed by atoms with van der Waals surface area (Å²) in [5, 5.41) is 1.36. The van der Waals surface area contributed by atoms with Crippen LogP contribution < -0.4 is 5.32 Å². The van der Waals surface area contributed by atoms with Gasteiger partial charge in [-0.1, -0.05) is 30.0 Å². The summed E-state index contributed by atoms with van der Waals surface area (Å²) in [6.45, 7) is -0.261. The summed E-state index contributed by atoms with van der Waals surface area (Å²) in [4.78, 5) is 40.0. The summed E-state index contributed by atoms with van der Waals surface area (Å²) in [6.07, 6.45) is 13.7. The molecule has 1 fully saturated rings. The lowest BCUT2D eigenvalue weighted by molar-refractivity contribution is -0.135. The molecule has 2 amide bonds. The number of carbonyl (C=O) groups is 3. The summed E-state index contributed by atoms with van der Waals surface area (Å²) in [6, 6.07) is 0. The van der Waals surface area contributed by atoms with Crippen molar-refractivity contribution in [1.29, 1.82) is 0 Å². The van der Waals surface area contributed by atoms with Crippen molar-refractivity contribution in [1.82, 2.24) is 5.32 Å². The van der Waals surface area contributed by atoms with Gasteiger partial charge in [0.15, 0.2) is 12.4 Å². The second kappa shape index (κ2) is 11.5. The molecule has 7 nitrogen and oxygen atoms in total. The number of allylic oxidation sites excluding steroid dienone is 9. The van der Waals surface area contributed by atoms with E-state index in [1.807, 2.05) is 12.2 Å². The second-order valence-electron chi connectivity index (χ2n) is 7.31. The molecule has 33 heavy (non-hydrogen) atoms. The van der Waals surface area contributed by atoms with Crippen molar-refractivity contribution < 1.29 is 32.6 Å². The lowest BCUT2D eigenvalue weighted by Crippen LogP contribution is -2.24. The van der Waals surface area contributed by atoms with Crippen molar-refractivity contribution in [3.8, 4) is 0 Å². The molecule has 1 aliphatic carbocycles. The third-order valence-electron chi connectivity index (χ3n) is 4.69. The van der Waals surface area contributed by atoms with E-state index in [2.05, 4.69) is 15.0 Å². The highest BCUT2D eigenvalue weighted by Gasteiger charge is 2.32. The average Bonchev–Trinajstić information content (AvgIpc) is 2.95. The van der Waals surface area contributed by atoms with Gasteiger partial charge >= 0.3 is 5.85 Å². The number of nitrogens with one attached hydrogen (secondary N) is 1. The van der Waals surface area contributed by atoms with Gasteiger partial charge in [-0.05, 0) is 46.7 Å². The first-order valence-electron chi connectivity index (χ1n) is 10.2. The van der Waals surface area contributed by atoms with Crippen molar-refractivity contribution in [2.45, 2.75) is 43.2 Å². The number of amides is 2. The summed E-state index contributed by atoms with van der Waals surface area (Å²) in [7, 11) is 1.33. The Kier molecular flexibility index (Phi) is 8.74. The van der Waals surface area contributed by atoms with Gasteiger partial charge in [-0.15, -0.1) is 0 Å². The molecule has 11 heteroatoms. The van der Waals surface area contributed by atoms with E-state index >= 15 is 0 Å². The number of Topliss-reactive ketones (excluding diaryl/α,β-unsaturated/α-hetero) is 1. The van der Waals surface area contributed by atoms with Gasteiger partial charge in [-0.25, -0.2) is 0 Å². The Morgan fingerprint density at radius 3 is 2.85 bits per heavy atom. The molecule has 0 saturated carbocycles. The number of thioether (sulfide) groups is 1. The van der Waals surface area contributed by atoms with Crippen LogP contribution in [0.4, 0.5) is 13.6 Å². The SMILES string of the molecule is O=C1NC(=O)C(CC2=CCC=C(OCC(=O)C3=C/C=C(/OC(F)(F)P)CCC/C=C\3)C=N2)S1. The third-order valence-corrected chi connectivity index (χ3v) is 5.79. The van der Waals surface area contributed by atoms with Crippen molar-refractivity contribution in [3.05, 3.63) is 59.2 Å². The Morgan fingerprint density at radius 1 is 1.30 bits per heavy atom. The van der Waals surface area contributed by atoms with Crippen LogP contribution in [-0.4, -0.2) is 40.9 Å². The van der Waals surface area contributed by atoms with E-state index in [0.29, 0.717) is 49.1 Å². The number of aliphatic imine (C=N–C) groups is 1. The Balaban J connectivity index is 1.57. The molecule has 1 saturated heterocycles. The van der Waals surface area contributed by atoms with Crippen LogP contribution in [0.15, 0.2) is 64.2 Å². The normalized spacial score (nSPS) is 25.6. The fourth-order valence-electron chi connectivity index (χ4n) is 3.12. The molecule has 0 spiro atoms. The number of nitrogens with zero attached hydrogens (tertiary/aromatic N) is 1. The summed E-state index contributed by atoms with van der Waals surface area (Å²) in [5.41, 5.74) is 0.952. The number of hydrogen-bond acceptors (Lipinski definition) is 7. The van der Waals surface area contributed by atoms with E-state index in [9.17, 15) is 23.2 Å². The highest BCUT2D eigenvalue weighted by atomic mass is 32.2. The predicted octanol–water partition coefficient (Wildman–Crippen LogP) is 4.55. The first-order chi connectivity index (χ1) is 15.7. The molecule has 2 atom stereocenters. The maximum atomic E-state index is 13.2. The smallest absolute Gasteiger partial charge is 0.408 e. The summed E-state index contributed by atoms with van der Waals surface area (Å²) < 4.78 is 36.5. The fourth-order valence-corrected chi connectivity index (χ4v) is 4.11. The topological polar surface area (TPSA) is 94.1 Å². The minimum Gasteiger partial charge on any atom is -0.484 e. The van der Waals surface area contributed by atoms with Gasteiger partial charge in [-0.2, -0.15) is 8.78 Å². The molecule has 0 radical (unpaired) electrons. The number of imide groups is 1. The predicted molar refractivity (Wildman–Crippen MR) is 125 cm³/mol. The number of hydrogen-bond donors (Lipinski definition) is 1. The van der Waals surface area contributed by atoms with Crippen LogP contribution in [0.25, 0.3) is 0 Å². The summed E-state index contributed by atoms with van der Waals surface area (Å²) >= 11 is 0.936. The Hall–Kier alpha value is -2.58. The molecule has 2 unspecified atom stereocenters. The van der Waals surface area contributed by atoms with Crippen LogP contribution in [0, 0.1) is 0 Å². The van der Waals surface area contributed by atoms with Gasteiger partial charge < -0.3 is 9.47 Å². The zero-order chi connectivity index (χ0) is 23.8. The number of rotatable bonds is 8. The van der Waals surface area contributed by atoms with Crippen LogP contribution in [0.1, 0.15) is 32.1 Å². The zero-order valence-corrected chi connectivity index (χ0v) is 19.6. The van der Waals surface area contributed by atoms with E-state index in [0.717, 1.165) is 11.8 Å². The quantitative estimate of drug-likeness (QED) is 0.496. The Bertz CT molecular complexity index is 995. The minimum absolute atomic E-state index is 0.0953. The van der Waals surface area contributed by atoms with Gasteiger partial charge in [0.2, 0.25) is 5.91 Å². The lowest BCUT2D eigenvalue weighted by atomic mass is 10.1. The molecule has 3 rings (SSSR count). The molecule has 2 heterocycles. The van der Waals surface area contributed by atoms with E-state index in [1.165, 1.54) is 27.6 Å². The van der Waals surface area contributed by atoms with E-state index in [1.54, 1.807) is 12.2 Å². The molecule has 0 bridgehead atoms. The highest BCUT2D eigenvalue weighted by Crippen LogP contribution is 2.29. The molecule has 176 valence electrons. The number of ether oxygens (including phenoxy) is 2. The third kappa shape index (κ3) is 8.37. The van der Waals surface area contributed by atoms with E-state index in [-0.39, 0.29) is 29.3 Å². The summed E-state index contributed by atoms with van der Waals surface area (Å²) in [5.74, 6) is -3.55. The van der Waals surface area contributed by atoms with Crippen LogP contribution in [-0.2, 0) is 19.1 Å². The second-order valence-corrected chi connectivity index (χ2v) is 9.16. The Labute approximate surface area is 196 Å².